The second-order valence-corrected chi connectivity index (χ2v) is 30.0. The van der Waals surface area contributed by atoms with Gasteiger partial charge in [-0.3, -0.25) is 0 Å². The van der Waals surface area contributed by atoms with Gasteiger partial charge in [-0.1, -0.05) is 270 Å². The van der Waals surface area contributed by atoms with Gasteiger partial charge < -0.3 is 9.47 Å². The molecule has 3 heterocycles. The lowest BCUT2D eigenvalue weighted by Crippen LogP contribution is -2.60. The van der Waals surface area contributed by atoms with E-state index < -0.39 is 0 Å². The second-order valence-electron chi connectivity index (χ2n) is 28.9. The molecule has 0 spiro atoms. The van der Waals surface area contributed by atoms with Crippen LogP contribution >= 0.6 is 11.8 Å². The van der Waals surface area contributed by atoms with Gasteiger partial charge in [0.1, 0.15) is 0 Å². The minimum absolute atomic E-state index is 0.00811. The van der Waals surface area contributed by atoms with Gasteiger partial charge in [0.15, 0.2) is 0 Å². The maximum Gasteiger partial charge on any atom is 0.249 e. The van der Waals surface area contributed by atoms with E-state index in [0.717, 1.165) is 0 Å². The molecule has 0 unspecified atom stereocenters. The van der Waals surface area contributed by atoms with Crippen LogP contribution in [-0.4, -0.2) is 11.3 Å². The van der Waals surface area contributed by atoms with E-state index in [1.807, 2.05) is 11.8 Å². The van der Waals surface area contributed by atoms with E-state index in [4.69, 9.17) is 0 Å². The predicted octanol–water partition coefficient (Wildman–Crippen LogP) is 21.7. The summed E-state index contributed by atoms with van der Waals surface area (Å²) in [6.45, 7) is 28.1. The lowest BCUT2D eigenvalue weighted by molar-refractivity contribution is 0.589. The number of benzene rings is 12. The molecule has 2 aliphatic heterocycles. The van der Waals surface area contributed by atoms with E-state index in [9.17, 15) is 0 Å². The molecule has 1 aromatic heterocycles. The van der Waals surface area contributed by atoms with Crippen molar-refractivity contribution in [2.45, 2.75) is 115 Å². The Balaban J connectivity index is 1.04. The van der Waals surface area contributed by atoms with Crippen molar-refractivity contribution in [3.05, 3.63) is 259 Å². The molecular weight excluding hydrogens is 1080 g/mol. The number of anilines is 3. The van der Waals surface area contributed by atoms with Crippen molar-refractivity contribution >= 4 is 95.3 Å². The van der Waals surface area contributed by atoms with Crippen LogP contribution in [0.1, 0.15) is 105 Å². The van der Waals surface area contributed by atoms with Gasteiger partial charge in [-0.05, 0) is 176 Å². The van der Waals surface area contributed by atoms with Crippen LogP contribution in [0, 0.1) is 0 Å². The molecule has 15 rings (SSSR count). The molecule has 0 atom stereocenters. The molecule has 0 bridgehead atoms. The maximum atomic E-state index is 2.72. The Hall–Kier alpha value is -8.83. The zero-order valence-corrected chi connectivity index (χ0v) is 53.7. The van der Waals surface area contributed by atoms with Crippen LogP contribution in [0.15, 0.2) is 246 Å². The Morgan fingerprint density at radius 3 is 1.25 bits per heavy atom. The first-order valence-corrected chi connectivity index (χ1v) is 32.3. The molecule has 0 radical (unpaired) electrons. The largest absolute Gasteiger partial charge is 0.310 e. The van der Waals surface area contributed by atoms with Crippen LogP contribution in [0.5, 0.6) is 0 Å². The summed E-state index contributed by atoms with van der Waals surface area (Å²) >= 11 is 1.95. The van der Waals surface area contributed by atoms with Crippen molar-refractivity contribution in [2.24, 2.45) is 0 Å². The van der Waals surface area contributed by atoms with Crippen LogP contribution in [0.2, 0.25) is 0 Å². The molecule has 0 saturated heterocycles. The summed E-state index contributed by atoms with van der Waals surface area (Å²) in [4.78, 5) is 5.32. The number of aromatic nitrogens is 1. The Kier molecular flexibility index (Phi) is 12.9. The van der Waals surface area contributed by atoms with E-state index in [1.54, 1.807) is 0 Å². The molecule has 2 aliphatic rings. The lowest BCUT2D eigenvalue weighted by atomic mass is 9.34. The van der Waals surface area contributed by atoms with Crippen molar-refractivity contribution < 1.29 is 0 Å². The number of nitrogens with zero attached hydrogens (tertiary/aromatic N) is 2. The predicted molar refractivity (Wildman–Crippen MR) is 382 cm³/mol. The topological polar surface area (TPSA) is 8.17 Å². The zero-order valence-electron chi connectivity index (χ0n) is 52.9. The third-order valence-electron chi connectivity index (χ3n) is 19.0. The molecule has 0 saturated carbocycles. The summed E-state index contributed by atoms with van der Waals surface area (Å²) in [5.41, 5.74) is 26.0. The summed E-state index contributed by atoms with van der Waals surface area (Å²) in [6, 6.07) is 91.0. The highest BCUT2D eigenvalue weighted by molar-refractivity contribution is 8.00. The van der Waals surface area contributed by atoms with Crippen molar-refractivity contribution in [1.82, 2.24) is 4.57 Å². The van der Waals surface area contributed by atoms with Gasteiger partial charge in [-0.2, -0.15) is 0 Å². The van der Waals surface area contributed by atoms with Crippen molar-refractivity contribution in [3.8, 4) is 50.2 Å². The van der Waals surface area contributed by atoms with Gasteiger partial charge in [-0.25, -0.2) is 0 Å². The quantitative estimate of drug-likeness (QED) is 0.121. The highest BCUT2D eigenvalue weighted by Crippen LogP contribution is 2.53. The molecule has 430 valence electrons. The summed E-state index contributed by atoms with van der Waals surface area (Å²) in [7, 11) is 0. The summed E-state index contributed by atoms with van der Waals surface area (Å²) in [5.74, 6) is 0. The number of fused-ring (bicyclic) bond motifs is 9. The SMILES string of the molecule is CC(C)(C)c1cc(-c2ccccc2)c(N2c3cc(-c4c5ccccc5c(-c5ccccc5)c5ccccc45)ccc3B3c4ccc(-n5c6ccc(C(C)(C)C)cc6c6cc(C(C)(C)C)ccc65)cc4Sc4cc(C(C)(C)C)cc2c43)c(-c2ccccc2)c1. The lowest BCUT2D eigenvalue weighted by Gasteiger charge is -2.43. The fourth-order valence-electron chi connectivity index (χ4n) is 14.3. The molecular formula is C84H75BN2S. The highest BCUT2D eigenvalue weighted by atomic mass is 32.2. The molecule has 13 aromatic rings. The van der Waals surface area contributed by atoms with E-state index in [1.165, 1.54) is 159 Å². The fraction of sp³-hybridized carbons (Fsp3) is 0.190. The minimum Gasteiger partial charge on any atom is -0.310 e. The first-order valence-electron chi connectivity index (χ1n) is 31.5. The van der Waals surface area contributed by atoms with Crippen LogP contribution in [0.4, 0.5) is 17.1 Å². The third-order valence-corrected chi connectivity index (χ3v) is 20.2. The summed E-state index contributed by atoms with van der Waals surface area (Å²) in [6.07, 6.45) is 0. The average molecular weight is 1160 g/mol. The molecule has 0 amide bonds. The summed E-state index contributed by atoms with van der Waals surface area (Å²) in [5, 5.41) is 7.59. The normalized spacial score (nSPS) is 13.4. The van der Waals surface area contributed by atoms with Crippen LogP contribution in [0.25, 0.3) is 93.5 Å². The minimum atomic E-state index is -0.169. The second kappa shape index (κ2) is 20.4. The molecule has 2 nitrogen and oxygen atoms in total. The van der Waals surface area contributed by atoms with Gasteiger partial charge in [-0.15, -0.1) is 0 Å². The van der Waals surface area contributed by atoms with Crippen LogP contribution in [0.3, 0.4) is 0 Å². The van der Waals surface area contributed by atoms with Crippen molar-refractivity contribution in [3.63, 3.8) is 0 Å². The molecule has 0 fully saturated rings. The van der Waals surface area contributed by atoms with Gasteiger partial charge in [0, 0.05) is 48.8 Å². The first kappa shape index (κ1) is 55.7. The number of hydrogen-bond donors (Lipinski definition) is 0. The average Bonchev–Trinajstić information content (AvgIpc) is 0.798. The van der Waals surface area contributed by atoms with Gasteiger partial charge in [0.05, 0.1) is 16.7 Å². The van der Waals surface area contributed by atoms with Gasteiger partial charge >= 0.3 is 0 Å². The Labute approximate surface area is 525 Å². The number of rotatable bonds is 6. The smallest absolute Gasteiger partial charge is 0.249 e. The van der Waals surface area contributed by atoms with E-state index in [-0.39, 0.29) is 28.4 Å². The molecule has 12 aromatic carbocycles. The molecule has 0 aliphatic carbocycles. The van der Waals surface area contributed by atoms with Crippen molar-refractivity contribution in [1.29, 1.82) is 0 Å². The summed E-state index contributed by atoms with van der Waals surface area (Å²) < 4.78 is 2.54. The molecule has 4 heteroatoms. The Morgan fingerprint density at radius 1 is 0.318 bits per heavy atom. The highest BCUT2D eigenvalue weighted by Gasteiger charge is 2.44. The van der Waals surface area contributed by atoms with Crippen LogP contribution < -0.4 is 21.3 Å². The monoisotopic (exact) mass is 1150 g/mol. The van der Waals surface area contributed by atoms with E-state index >= 15 is 0 Å². The zero-order chi connectivity index (χ0) is 60.8. The van der Waals surface area contributed by atoms with E-state index in [0.29, 0.717) is 0 Å². The Bertz CT molecular complexity index is 4780. The van der Waals surface area contributed by atoms with Crippen LogP contribution in [-0.2, 0) is 21.7 Å². The van der Waals surface area contributed by atoms with E-state index in [2.05, 4.69) is 329 Å². The fourth-order valence-corrected chi connectivity index (χ4v) is 15.5. The maximum absolute atomic E-state index is 2.72. The standard InChI is InChI=1S/C84H75BN2S/c1-81(2,3)56-37-42-71-67(45-56)68-46-57(82(4,5)6)38-43-72(68)86(71)60-39-41-70-75(51-60)88-76-50-59(84(10,11)12)49-74-79(76)85(70)69-40-36-55(78-63-34-24-22-32-61(63)77(54-30-20-15-21-31-54)62-33-23-25-35-64(62)78)44-73(69)87(74)80-65(52-26-16-13-17-27-52)47-58(83(7,8)9)48-66(80)53-28-18-14-19-29-53/h13-51H,1-12H3. The Morgan fingerprint density at radius 2 is 0.761 bits per heavy atom. The van der Waals surface area contributed by atoms with Gasteiger partial charge in [0.25, 0.3) is 0 Å². The molecule has 88 heavy (non-hydrogen) atoms. The number of hydrogen-bond acceptors (Lipinski definition) is 2. The van der Waals surface area contributed by atoms with Crippen molar-refractivity contribution in [2.75, 3.05) is 4.90 Å². The van der Waals surface area contributed by atoms with Gasteiger partial charge in [0.2, 0.25) is 6.71 Å². The third kappa shape index (κ3) is 9.15. The molecule has 0 N–H and O–H groups in total. The first-order chi connectivity index (χ1) is 42.2.